The maximum absolute atomic E-state index is 14.0. The normalized spacial score (nSPS) is 29.6. The minimum Gasteiger partial charge on any atom is -0.481 e. The van der Waals surface area contributed by atoms with Gasteiger partial charge in [0.05, 0.1) is 25.9 Å². The van der Waals surface area contributed by atoms with Gasteiger partial charge in [-0.1, -0.05) is 59.7 Å². The number of halogens is 2. The van der Waals surface area contributed by atoms with Crippen LogP contribution in [0.3, 0.4) is 0 Å². The van der Waals surface area contributed by atoms with Gasteiger partial charge in [0.25, 0.3) is 5.92 Å². The number of methoxy groups -OCH3 is 2. The van der Waals surface area contributed by atoms with Crippen molar-refractivity contribution in [2.24, 2.45) is 11.0 Å². The number of piperidine rings is 1. The van der Waals surface area contributed by atoms with Crippen molar-refractivity contribution in [2.75, 3.05) is 33.9 Å². The summed E-state index contributed by atoms with van der Waals surface area (Å²) in [6, 6.07) is 17.6. The zero-order valence-corrected chi connectivity index (χ0v) is 23.2. The second kappa shape index (κ2) is 10.4. The van der Waals surface area contributed by atoms with Gasteiger partial charge in [-0.3, -0.25) is 0 Å². The van der Waals surface area contributed by atoms with E-state index in [1.165, 1.54) is 14.2 Å². The maximum atomic E-state index is 14.0. The maximum Gasteiger partial charge on any atom is 0.250 e. The van der Waals surface area contributed by atoms with Gasteiger partial charge in [-0.25, -0.2) is 8.78 Å². The number of hydrogen-bond acceptors (Lipinski definition) is 8. The number of likely N-dealkylation sites (tertiary alicyclic amines) is 1. The van der Waals surface area contributed by atoms with Gasteiger partial charge in [0.1, 0.15) is 5.75 Å². The standard InChI is InChI=1S/C30H31F2N5O5/c1-40-23-16-22-25(27(34-23)41-2)29(39)26(38)21(17-37-14-12-28(31,32)13-15-37)24(18-6-4-3-5-7-18)30(29,42-22)19-8-10-20(11-9-19)35-36-33/h3-11,16,21,24,26,38-39H,12-15,17H2,1-2H3/t21-,24-,26-,29+,30+/m1/s1. The number of ether oxygens (including phenoxy) is 3. The fraction of sp³-hybridized carbons (Fsp3) is 0.433. The highest BCUT2D eigenvalue weighted by atomic mass is 19.3. The van der Waals surface area contributed by atoms with Crippen LogP contribution in [0, 0.1) is 5.92 Å². The number of fused-ring (bicyclic) bond motifs is 3. The van der Waals surface area contributed by atoms with Crippen molar-refractivity contribution < 1.29 is 33.2 Å². The van der Waals surface area contributed by atoms with Gasteiger partial charge in [0.2, 0.25) is 11.8 Å². The molecule has 220 valence electrons. The van der Waals surface area contributed by atoms with Crippen LogP contribution in [0.4, 0.5) is 14.5 Å². The van der Waals surface area contributed by atoms with E-state index in [0.29, 0.717) is 11.3 Å². The molecule has 0 amide bonds. The Morgan fingerprint density at radius 3 is 2.40 bits per heavy atom. The zero-order chi connectivity index (χ0) is 29.7. The second-order valence-corrected chi connectivity index (χ2v) is 11.0. The summed E-state index contributed by atoms with van der Waals surface area (Å²) in [5.74, 6) is -3.58. The first-order valence-electron chi connectivity index (χ1n) is 13.7. The number of hydrogen-bond donors (Lipinski definition) is 2. The summed E-state index contributed by atoms with van der Waals surface area (Å²) in [4.78, 5) is 9.16. The molecule has 0 spiro atoms. The van der Waals surface area contributed by atoms with Crippen molar-refractivity contribution in [1.82, 2.24) is 9.88 Å². The minimum absolute atomic E-state index is 0.0311. The monoisotopic (exact) mass is 579 g/mol. The number of nitrogens with zero attached hydrogens (tertiary/aromatic N) is 5. The van der Waals surface area contributed by atoms with Crippen LogP contribution < -0.4 is 14.2 Å². The van der Waals surface area contributed by atoms with Gasteiger partial charge in [-0.2, -0.15) is 4.98 Å². The molecule has 6 rings (SSSR count). The molecule has 1 saturated carbocycles. The summed E-state index contributed by atoms with van der Waals surface area (Å²) in [7, 11) is 2.85. The van der Waals surface area contributed by atoms with E-state index in [2.05, 4.69) is 15.0 Å². The van der Waals surface area contributed by atoms with E-state index in [1.807, 2.05) is 35.2 Å². The summed E-state index contributed by atoms with van der Waals surface area (Å²) < 4.78 is 45.9. The SMILES string of the molecule is COc1cc2c(c(OC)n1)[C@]1(O)[C@H](O)[C@H](CN3CCC(F)(F)CC3)[C@@H](c3ccccc3)[C@]1(c1ccc(N=[N+]=[N-])cc1)O2. The van der Waals surface area contributed by atoms with E-state index in [1.54, 1.807) is 30.3 Å². The fourth-order valence-corrected chi connectivity index (χ4v) is 7.05. The quantitative estimate of drug-likeness (QED) is 0.228. The van der Waals surface area contributed by atoms with E-state index >= 15 is 0 Å². The predicted molar refractivity (Wildman–Crippen MR) is 148 cm³/mol. The summed E-state index contributed by atoms with van der Waals surface area (Å²) in [6.45, 7) is 0.551. The Kier molecular flexibility index (Phi) is 6.97. The van der Waals surface area contributed by atoms with Gasteiger partial charge in [0.15, 0.2) is 11.2 Å². The molecule has 2 aromatic carbocycles. The zero-order valence-electron chi connectivity index (χ0n) is 23.2. The Morgan fingerprint density at radius 2 is 1.79 bits per heavy atom. The first kappa shape index (κ1) is 28.2. The lowest BCUT2D eigenvalue weighted by Gasteiger charge is -2.41. The van der Waals surface area contributed by atoms with E-state index < -0.39 is 35.1 Å². The van der Waals surface area contributed by atoms with E-state index in [0.717, 1.165) is 5.56 Å². The van der Waals surface area contributed by atoms with Crippen LogP contribution in [-0.4, -0.2) is 66.0 Å². The number of rotatable bonds is 7. The molecular formula is C30H31F2N5O5. The first-order valence-corrected chi connectivity index (χ1v) is 13.7. The highest BCUT2D eigenvalue weighted by Crippen LogP contribution is 2.70. The van der Waals surface area contributed by atoms with Gasteiger partial charge in [-0.15, -0.1) is 0 Å². The van der Waals surface area contributed by atoms with Crippen molar-refractivity contribution in [3.8, 4) is 17.5 Å². The Balaban J connectivity index is 1.58. The third-order valence-electron chi connectivity index (χ3n) is 8.92. The lowest BCUT2D eigenvalue weighted by atomic mass is 9.70. The van der Waals surface area contributed by atoms with Crippen LogP contribution in [0.25, 0.3) is 10.4 Å². The summed E-state index contributed by atoms with van der Waals surface area (Å²) in [5, 5.41) is 28.9. The van der Waals surface area contributed by atoms with Crippen LogP contribution >= 0.6 is 0 Å². The van der Waals surface area contributed by atoms with E-state index in [-0.39, 0.29) is 55.5 Å². The molecule has 1 saturated heterocycles. The van der Waals surface area contributed by atoms with Crippen LogP contribution in [0.5, 0.6) is 17.5 Å². The summed E-state index contributed by atoms with van der Waals surface area (Å²) in [5.41, 5.74) is 7.07. The molecule has 2 N–H and O–H groups in total. The Bertz CT molecular complexity index is 1510. The number of aromatic nitrogens is 1. The van der Waals surface area contributed by atoms with Crippen LogP contribution in [0.15, 0.2) is 65.8 Å². The number of azide groups is 1. The molecule has 3 aromatic rings. The number of pyridine rings is 1. The fourth-order valence-electron chi connectivity index (χ4n) is 7.05. The van der Waals surface area contributed by atoms with Crippen LogP contribution in [0.2, 0.25) is 0 Å². The third kappa shape index (κ3) is 4.17. The molecule has 5 atom stereocenters. The molecule has 12 heteroatoms. The number of alkyl halides is 2. The van der Waals surface area contributed by atoms with E-state index in [9.17, 15) is 19.0 Å². The third-order valence-corrected chi connectivity index (χ3v) is 8.92. The average Bonchev–Trinajstić information content (AvgIpc) is 3.36. The van der Waals surface area contributed by atoms with Crippen LogP contribution in [0.1, 0.15) is 35.4 Å². The van der Waals surface area contributed by atoms with Crippen molar-refractivity contribution in [2.45, 2.75) is 42.0 Å². The smallest absolute Gasteiger partial charge is 0.250 e. The van der Waals surface area contributed by atoms with Crippen LogP contribution in [-0.2, 0) is 11.2 Å². The molecule has 1 aromatic heterocycles. The number of aliphatic hydroxyl groups is 2. The molecule has 2 aliphatic heterocycles. The van der Waals surface area contributed by atoms with Crippen molar-refractivity contribution in [3.05, 3.63) is 87.8 Å². The lowest BCUT2D eigenvalue weighted by Crippen LogP contribution is -2.52. The molecule has 42 heavy (non-hydrogen) atoms. The Hall–Kier alpha value is -3.96. The lowest BCUT2D eigenvalue weighted by molar-refractivity contribution is -0.152. The molecule has 10 nitrogen and oxygen atoms in total. The second-order valence-electron chi connectivity index (χ2n) is 11.0. The highest BCUT2D eigenvalue weighted by molar-refractivity contribution is 5.60. The summed E-state index contributed by atoms with van der Waals surface area (Å²) in [6.07, 6.45) is -1.98. The predicted octanol–water partition coefficient (Wildman–Crippen LogP) is 5.02. The largest absolute Gasteiger partial charge is 0.481 e. The molecule has 3 aliphatic rings. The topological polar surface area (TPSA) is 133 Å². The molecule has 2 fully saturated rings. The summed E-state index contributed by atoms with van der Waals surface area (Å²) >= 11 is 0. The van der Waals surface area contributed by atoms with Crippen molar-refractivity contribution in [3.63, 3.8) is 0 Å². The highest BCUT2D eigenvalue weighted by Gasteiger charge is 2.77. The Morgan fingerprint density at radius 1 is 1.10 bits per heavy atom. The van der Waals surface area contributed by atoms with E-state index in [4.69, 9.17) is 19.7 Å². The molecule has 1 aliphatic carbocycles. The van der Waals surface area contributed by atoms with Gasteiger partial charge in [0, 0.05) is 61.0 Å². The first-order chi connectivity index (χ1) is 20.2. The van der Waals surface area contributed by atoms with Gasteiger partial charge in [-0.05, 0) is 16.7 Å². The van der Waals surface area contributed by atoms with Crippen molar-refractivity contribution in [1.29, 1.82) is 0 Å². The molecule has 0 unspecified atom stereocenters. The van der Waals surface area contributed by atoms with Crippen molar-refractivity contribution >= 4 is 5.69 Å². The number of aliphatic hydroxyl groups excluding tert-OH is 1. The molecular weight excluding hydrogens is 548 g/mol. The minimum atomic E-state index is -2.73. The Labute approximate surface area is 241 Å². The molecule has 0 radical (unpaired) electrons. The van der Waals surface area contributed by atoms with Gasteiger partial charge >= 0.3 is 0 Å². The molecule has 3 heterocycles. The number of benzene rings is 2. The molecule has 0 bridgehead atoms. The average molecular weight is 580 g/mol. The van der Waals surface area contributed by atoms with Gasteiger partial charge < -0.3 is 29.3 Å².